The summed E-state index contributed by atoms with van der Waals surface area (Å²) in [5.41, 5.74) is 3.57. The van der Waals surface area contributed by atoms with E-state index >= 15 is 0 Å². The molecule has 0 aliphatic carbocycles. The van der Waals surface area contributed by atoms with Crippen LogP contribution < -0.4 is 15.5 Å². The normalized spacial score (nSPS) is 13.0. The van der Waals surface area contributed by atoms with Crippen LogP contribution in [0.2, 0.25) is 0 Å². The van der Waals surface area contributed by atoms with Gasteiger partial charge >= 0.3 is 0 Å². The molecule has 1 aliphatic rings. The highest BCUT2D eigenvalue weighted by molar-refractivity contribution is 5.81. The molecule has 0 atom stereocenters. The SMILES string of the molecule is CNCc1ccc(CNC(=O)CN2CCc3cccnc32)cc1. The van der Waals surface area contributed by atoms with Crippen LogP contribution in [-0.4, -0.2) is 31.0 Å². The van der Waals surface area contributed by atoms with Crippen LogP contribution in [0.15, 0.2) is 42.6 Å². The number of benzene rings is 1. The van der Waals surface area contributed by atoms with Gasteiger partial charge < -0.3 is 15.5 Å². The monoisotopic (exact) mass is 310 g/mol. The van der Waals surface area contributed by atoms with E-state index in [2.05, 4.69) is 45.9 Å². The van der Waals surface area contributed by atoms with Crippen molar-refractivity contribution in [3.8, 4) is 0 Å². The van der Waals surface area contributed by atoms with E-state index in [1.165, 1.54) is 11.1 Å². The zero-order chi connectivity index (χ0) is 16.1. The van der Waals surface area contributed by atoms with Crippen LogP contribution in [0.4, 0.5) is 5.82 Å². The van der Waals surface area contributed by atoms with Gasteiger partial charge in [-0.15, -0.1) is 0 Å². The first-order valence-electron chi connectivity index (χ1n) is 7.94. The van der Waals surface area contributed by atoms with Crippen molar-refractivity contribution in [2.75, 3.05) is 25.0 Å². The fourth-order valence-electron chi connectivity index (χ4n) is 2.83. The van der Waals surface area contributed by atoms with Crippen LogP contribution in [-0.2, 0) is 24.3 Å². The molecule has 0 saturated heterocycles. The van der Waals surface area contributed by atoms with Crippen molar-refractivity contribution in [1.29, 1.82) is 0 Å². The molecule has 0 spiro atoms. The third kappa shape index (κ3) is 3.87. The van der Waals surface area contributed by atoms with Gasteiger partial charge in [0, 0.05) is 25.8 Å². The first-order valence-corrected chi connectivity index (χ1v) is 7.94. The van der Waals surface area contributed by atoms with E-state index in [4.69, 9.17) is 0 Å². The molecule has 0 radical (unpaired) electrons. The zero-order valence-corrected chi connectivity index (χ0v) is 13.4. The maximum Gasteiger partial charge on any atom is 0.239 e. The molecule has 1 aromatic carbocycles. The minimum atomic E-state index is 0.0304. The summed E-state index contributed by atoms with van der Waals surface area (Å²) in [7, 11) is 1.93. The summed E-state index contributed by atoms with van der Waals surface area (Å²) in [5, 5.41) is 6.11. The van der Waals surface area contributed by atoms with Gasteiger partial charge in [-0.05, 0) is 36.2 Å². The molecular weight excluding hydrogens is 288 g/mol. The van der Waals surface area contributed by atoms with E-state index in [0.717, 1.165) is 30.9 Å². The van der Waals surface area contributed by atoms with Crippen LogP contribution in [0.25, 0.3) is 0 Å². The van der Waals surface area contributed by atoms with Crippen LogP contribution in [0.5, 0.6) is 0 Å². The van der Waals surface area contributed by atoms with Gasteiger partial charge in [0.05, 0.1) is 6.54 Å². The van der Waals surface area contributed by atoms with Gasteiger partial charge in [0.2, 0.25) is 5.91 Å². The third-order valence-electron chi connectivity index (χ3n) is 4.05. The highest BCUT2D eigenvalue weighted by Gasteiger charge is 2.21. The van der Waals surface area contributed by atoms with Crippen molar-refractivity contribution >= 4 is 11.7 Å². The quantitative estimate of drug-likeness (QED) is 0.848. The lowest BCUT2D eigenvalue weighted by Crippen LogP contribution is -2.36. The van der Waals surface area contributed by atoms with Gasteiger partial charge in [-0.3, -0.25) is 4.79 Å². The molecule has 0 saturated carbocycles. The van der Waals surface area contributed by atoms with Crippen molar-refractivity contribution < 1.29 is 4.79 Å². The van der Waals surface area contributed by atoms with E-state index < -0.39 is 0 Å². The molecule has 120 valence electrons. The fourth-order valence-corrected chi connectivity index (χ4v) is 2.83. The molecule has 23 heavy (non-hydrogen) atoms. The minimum absolute atomic E-state index is 0.0304. The van der Waals surface area contributed by atoms with Crippen molar-refractivity contribution in [1.82, 2.24) is 15.6 Å². The topological polar surface area (TPSA) is 57.3 Å². The molecule has 0 fully saturated rings. The number of carbonyl (C=O) groups excluding carboxylic acids is 1. The number of rotatable bonds is 6. The number of hydrogen-bond donors (Lipinski definition) is 2. The molecule has 1 amide bonds. The first kappa shape index (κ1) is 15.5. The number of hydrogen-bond acceptors (Lipinski definition) is 4. The number of carbonyl (C=O) groups is 1. The molecule has 0 unspecified atom stereocenters. The van der Waals surface area contributed by atoms with Gasteiger partial charge in [-0.1, -0.05) is 30.3 Å². The van der Waals surface area contributed by atoms with Crippen molar-refractivity contribution in [2.24, 2.45) is 0 Å². The maximum atomic E-state index is 12.2. The van der Waals surface area contributed by atoms with E-state index in [1.807, 2.05) is 18.0 Å². The summed E-state index contributed by atoms with van der Waals surface area (Å²) in [4.78, 5) is 18.6. The Hall–Kier alpha value is -2.40. The van der Waals surface area contributed by atoms with Crippen LogP contribution in [0, 0.1) is 0 Å². The standard InChI is InChI=1S/C18H22N4O/c1-19-11-14-4-6-15(7-5-14)12-21-17(23)13-22-10-8-16-3-2-9-20-18(16)22/h2-7,9,19H,8,10-13H2,1H3,(H,21,23). The molecule has 5 nitrogen and oxygen atoms in total. The Morgan fingerprint density at radius 3 is 2.65 bits per heavy atom. The van der Waals surface area contributed by atoms with Crippen LogP contribution in [0.1, 0.15) is 16.7 Å². The molecule has 5 heteroatoms. The van der Waals surface area contributed by atoms with Gasteiger partial charge in [0.25, 0.3) is 0 Å². The summed E-state index contributed by atoms with van der Waals surface area (Å²) in [5.74, 6) is 0.974. The molecular formula is C18H22N4O. The Labute approximate surface area is 136 Å². The summed E-state index contributed by atoms with van der Waals surface area (Å²) in [6.45, 7) is 2.63. The average Bonchev–Trinajstić information content (AvgIpc) is 2.98. The van der Waals surface area contributed by atoms with Crippen LogP contribution >= 0.6 is 0 Å². The Kier molecular flexibility index (Phi) is 4.88. The molecule has 1 aliphatic heterocycles. The smallest absolute Gasteiger partial charge is 0.239 e. The lowest BCUT2D eigenvalue weighted by Gasteiger charge is -2.17. The Morgan fingerprint density at radius 1 is 1.17 bits per heavy atom. The number of fused-ring (bicyclic) bond motifs is 1. The largest absolute Gasteiger partial charge is 0.350 e. The lowest BCUT2D eigenvalue weighted by molar-refractivity contribution is -0.119. The molecule has 3 rings (SSSR count). The van der Waals surface area contributed by atoms with E-state index in [1.54, 1.807) is 6.20 Å². The zero-order valence-electron chi connectivity index (χ0n) is 13.4. The average molecular weight is 310 g/mol. The highest BCUT2D eigenvalue weighted by Crippen LogP contribution is 2.23. The van der Waals surface area contributed by atoms with Gasteiger partial charge in [-0.2, -0.15) is 0 Å². The van der Waals surface area contributed by atoms with Gasteiger partial charge in [0.15, 0.2) is 0 Å². The van der Waals surface area contributed by atoms with Gasteiger partial charge in [-0.25, -0.2) is 4.98 Å². The third-order valence-corrected chi connectivity index (χ3v) is 4.05. The Morgan fingerprint density at radius 2 is 1.91 bits per heavy atom. The lowest BCUT2D eigenvalue weighted by atomic mass is 10.1. The first-order chi connectivity index (χ1) is 11.3. The number of aromatic nitrogens is 1. The van der Waals surface area contributed by atoms with Crippen molar-refractivity contribution in [3.05, 3.63) is 59.3 Å². The summed E-state index contributed by atoms with van der Waals surface area (Å²) < 4.78 is 0. The fraction of sp³-hybridized carbons (Fsp3) is 0.333. The van der Waals surface area contributed by atoms with Gasteiger partial charge in [0.1, 0.15) is 5.82 Å². The second-order valence-electron chi connectivity index (χ2n) is 5.78. The molecule has 2 N–H and O–H groups in total. The second kappa shape index (κ2) is 7.24. The number of pyridine rings is 1. The van der Waals surface area contributed by atoms with Crippen molar-refractivity contribution in [3.63, 3.8) is 0 Å². The number of anilines is 1. The van der Waals surface area contributed by atoms with Crippen molar-refractivity contribution in [2.45, 2.75) is 19.5 Å². The molecule has 2 aromatic rings. The van der Waals surface area contributed by atoms with Crippen LogP contribution in [0.3, 0.4) is 0 Å². The summed E-state index contributed by atoms with van der Waals surface area (Å²) in [6.07, 6.45) is 2.74. The summed E-state index contributed by atoms with van der Waals surface area (Å²) in [6, 6.07) is 12.3. The maximum absolute atomic E-state index is 12.2. The van der Waals surface area contributed by atoms with E-state index in [9.17, 15) is 4.79 Å². The molecule has 2 heterocycles. The predicted molar refractivity (Wildman–Crippen MR) is 91.2 cm³/mol. The number of nitrogens with one attached hydrogen (secondary N) is 2. The van der Waals surface area contributed by atoms with E-state index in [-0.39, 0.29) is 5.91 Å². The predicted octanol–water partition coefficient (Wildman–Crippen LogP) is 1.48. The highest BCUT2D eigenvalue weighted by atomic mass is 16.2. The molecule has 0 bridgehead atoms. The number of amides is 1. The minimum Gasteiger partial charge on any atom is -0.350 e. The molecule has 1 aromatic heterocycles. The Bertz CT molecular complexity index is 669. The Balaban J connectivity index is 1.50. The second-order valence-corrected chi connectivity index (χ2v) is 5.78. The number of nitrogens with zero attached hydrogens (tertiary/aromatic N) is 2. The summed E-state index contributed by atoms with van der Waals surface area (Å²) >= 11 is 0. The van der Waals surface area contributed by atoms with E-state index in [0.29, 0.717) is 13.1 Å².